The zero-order valence-corrected chi connectivity index (χ0v) is 10.7. The van der Waals surface area contributed by atoms with Crippen molar-refractivity contribution >= 4 is 28.9 Å². The Hall–Kier alpha value is -0.620. The van der Waals surface area contributed by atoms with E-state index in [1.807, 2.05) is 13.0 Å². The van der Waals surface area contributed by atoms with E-state index in [1.165, 1.54) is 0 Å². The average Bonchev–Trinajstić information content (AvgIpc) is 2.26. The Morgan fingerprint density at radius 1 is 1.40 bits per heavy atom. The summed E-state index contributed by atoms with van der Waals surface area (Å²) in [7, 11) is 0. The first-order valence-electron chi connectivity index (χ1n) is 4.73. The molecule has 1 aromatic carbocycles. The Morgan fingerprint density at radius 3 is 2.87 bits per heavy atom. The van der Waals surface area contributed by atoms with Crippen LogP contribution in [0.4, 0.5) is 0 Å². The van der Waals surface area contributed by atoms with Gasteiger partial charge in [0.2, 0.25) is 0 Å². The molecule has 15 heavy (non-hydrogen) atoms. The van der Waals surface area contributed by atoms with Gasteiger partial charge in [0.1, 0.15) is 18.6 Å². The summed E-state index contributed by atoms with van der Waals surface area (Å²) in [5.74, 6) is 0.736. The lowest BCUT2D eigenvalue weighted by molar-refractivity contribution is 0.109. The molecule has 0 aliphatic rings. The number of benzene rings is 1. The van der Waals surface area contributed by atoms with Gasteiger partial charge in [0, 0.05) is 12.2 Å². The molecule has 0 radical (unpaired) electrons. The number of aldehydes is 1. The first-order valence-corrected chi connectivity index (χ1v) is 5.81. The van der Waals surface area contributed by atoms with Crippen molar-refractivity contribution in [3.8, 4) is 5.75 Å². The molecule has 0 bridgehead atoms. The number of ether oxygens (including phenoxy) is 2. The molecule has 0 saturated carbocycles. The second-order valence-electron chi connectivity index (χ2n) is 2.85. The minimum Gasteiger partial charge on any atom is -0.490 e. The Labute approximate surface area is 103 Å². The fourth-order valence-corrected chi connectivity index (χ4v) is 1.55. The Kier molecular flexibility index (Phi) is 5.63. The van der Waals surface area contributed by atoms with Gasteiger partial charge in [-0.2, -0.15) is 0 Å². The molecule has 0 saturated heterocycles. The topological polar surface area (TPSA) is 35.5 Å². The van der Waals surface area contributed by atoms with E-state index in [4.69, 9.17) is 9.47 Å². The lowest BCUT2D eigenvalue weighted by Gasteiger charge is -2.08. The molecule has 3 nitrogen and oxygen atoms in total. The molecule has 0 fully saturated rings. The van der Waals surface area contributed by atoms with Crippen molar-refractivity contribution in [2.75, 3.05) is 19.8 Å². The first kappa shape index (κ1) is 12.4. The smallest absolute Gasteiger partial charge is 0.150 e. The molecule has 0 aromatic heterocycles. The van der Waals surface area contributed by atoms with Crippen LogP contribution in [0.2, 0.25) is 0 Å². The van der Waals surface area contributed by atoms with E-state index in [0.717, 1.165) is 15.6 Å². The Morgan fingerprint density at radius 2 is 2.20 bits per heavy atom. The van der Waals surface area contributed by atoms with Gasteiger partial charge in [-0.15, -0.1) is 0 Å². The van der Waals surface area contributed by atoms with Crippen molar-refractivity contribution in [1.82, 2.24) is 0 Å². The molecule has 0 unspecified atom stereocenters. The summed E-state index contributed by atoms with van der Waals surface area (Å²) in [5.41, 5.74) is 0.627. The van der Waals surface area contributed by atoms with Crippen LogP contribution in [0.1, 0.15) is 17.3 Å². The molecule has 0 amide bonds. The van der Waals surface area contributed by atoms with Gasteiger partial charge < -0.3 is 9.47 Å². The van der Waals surface area contributed by atoms with E-state index < -0.39 is 0 Å². The summed E-state index contributed by atoms with van der Waals surface area (Å²) < 4.78 is 11.6. The van der Waals surface area contributed by atoms with E-state index in [-0.39, 0.29) is 0 Å². The van der Waals surface area contributed by atoms with E-state index in [1.54, 1.807) is 12.1 Å². The van der Waals surface area contributed by atoms with Gasteiger partial charge in [0.05, 0.1) is 10.2 Å². The van der Waals surface area contributed by atoms with Crippen LogP contribution in [0.5, 0.6) is 5.75 Å². The highest BCUT2D eigenvalue weighted by Crippen LogP contribution is 2.21. The molecular weight excluding hydrogens is 307 g/mol. The lowest BCUT2D eigenvalue weighted by Crippen LogP contribution is -2.07. The predicted octanol–water partition coefficient (Wildman–Crippen LogP) is 2.52. The average molecular weight is 320 g/mol. The monoisotopic (exact) mass is 320 g/mol. The van der Waals surface area contributed by atoms with Crippen molar-refractivity contribution in [2.24, 2.45) is 0 Å². The van der Waals surface area contributed by atoms with Gasteiger partial charge in [-0.05, 0) is 41.6 Å². The third kappa shape index (κ3) is 4.17. The van der Waals surface area contributed by atoms with Gasteiger partial charge in [0.25, 0.3) is 0 Å². The second-order valence-corrected chi connectivity index (χ2v) is 4.02. The maximum Gasteiger partial charge on any atom is 0.150 e. The van der Waals surface area contributed by atoms with Gasteiger partial charge >= 0.3 is 0 Å². The number of hydrogen-bond donors (Lipinski definition) is 0. The van der Waals surface area contributed by atoms with Crippen LogP contribution in [0, 0.1) is 3.57 Å². The molecular formula is C11H13IO3. The molecule has 0 aliphatic carbocycles. The number of hydrogen-bond acceptors (Lipinski definition) is 3. The standard InChI is InChI=1S/C11H13IO3/c1-2-14-5-6-15-11-7-9(8-13)3-4-10(11)12/h3-4,7-8H,2,5-6H2,1H3. The largest absolute Gasteiger partial charge is 0.490 e. The van der Waals surface area contributed by atoms with Crippen LogP contribution >= 0.6 is 22.6 Å². The number of halogens is 1. The van der Waals surface area contributed by atoms with E-state index in [2.05, 4.69) is 22.6 Å². The first-order chi connectivity index (χ1) is 7.27. The molecule has 0 atom stereocenters. The van der Waals surface area contributed by atoms with Crippen molar-refractivity contribution in [3.63, 3.8) is 0 Å². The van der Waals surface area contributed by atoms with Crippen molar-refractivity contribution in [1.29, 1.82) is 0 Å². The van der Waals surface area contributed by atoms with E-state index >= 15 is 0 Å². The summed E-state index contributed by atoms with van der Waals surface area (Å²) in [5, 5.41) is 0. The van der Waals surface area contributed by atoms with Crippen LogP contribution < -0.4 is 4.74 Å². The highest BCUT2D eigenvalue weighted by molar-refractivity contribution is 14.1. The quantitative estimate of drug-likeness (QED) is 0.459. The molecule has 0 aliphatic heterocycles. The molecule has 82 valence electrons. The third-order valence-corrected chi connectivity index (χ3v) is 2.67. The molecule has 1 aromatic rings. The zero-order valence-electron chi connectivity index (χ0n) is 8.53. The minimum absolute atomic E-state index is 0.506. The summed E-state index contributed by atoms with van der Waals surface area (Å²) in [6, 6.07) is 5.37. The predicted molar refractivity (Wildman–Crippen MR) is 66.5 cm³/mol. The Balaban J connectivity index is 2.55. The summed E-state index contributed by atoms with van der Waals surface area (Å²) in [6.45, 7) is 3.70. The third-order valence-electron chi connectivity index (χ3n) is 1.78. The molecule has 0 spiro atoms. The summed E-state index contributed by atoms with van der Waals surface area (Å²) >= 11 is 2.17. The fourth-order valence-electron chi connectivity index (χ4n) is 1.06. The van der Waals surface area contributed by atoms with E-state index in [9.17, 15) is 4.79 Å². The molecule has 1 rings (SSSR count). The maximum absolute atomic E-state index is 10.6. The summed E-state index contributed by atoms with van der Waals surface area (Å²) in [6.07, 6.45) is 0.811. The SMILES string of the molecule is CCOCCOc1cc(C=O)ccc1I. The van der Waals surface area contributed by atoms with Crippen LogP contribution in [0.3, 0.4) is 0 Å². The molecule has 0 N–H and O–H groups in total. The zero-order chi connectivity index (χ0) is 11.1. The van der Waals surface area contributed by atoms with Gasteiger partial charge in [-0.3, -0.25) is 4.79 Å². The fraction of sp³-hybridized carbons (Fsp3) is 0.364. The Bertz CT molecular complexity index is 326. The van der Waals surface area contributed by atoms with Gasteiger partial charge in [-0.25, -0.2) is 0 Å². The number of carbonyl (C=O) groups excluding carboxylic acids is 1. The van der Waals surface area contributed by atoms with Crippen molar-refractivity contribution in [3.05, 3.63) is 27.3 Å². The van der Waals surface area contributed by atoms with Crippen LogP contribution in [0.25, 0.3) is 0 Å². The van der Waals surface area contributed by atoms with Crippen molar-refractivity contribution in [2.45, 2.75) is 6.92 Å². The summed E-state index contributed by atoms with van der Waals surface area (Å²) in [4.78, 5) is 10.6. The highest BCUT2D eigenvalue weighted by Gasteiger charge is 2.02. The second kappa shape index (κ2) is 6.79. The van der Waals surface area contributed by atoms with Crippen molar-refractivity contribution < 1.29 is 14.3 Å². The van der Waals surface area contributed by atoms with E-state index in [0.29, 0.717) is 25.4 Å². The molecule has 0 heterocycles. The number of carbonyl (C=O) groups is 1. The normalized spacial score (nSPS) is 10.0. The minimum atomic E-state index is 0.506. The van der Waals surface area contributed by atoms with Gasteiger partial charge in [0.15, 0.2) is 0 Å². The van der Waals surface area contributed by atoms with Crippen LogP contribution in [-0.4, -0.2) is 26.1 Å². The van der Waals surface area contributed by atoms with Crippen LogP contribution in [-0.2, 0) is 4.74 Å². The van der Waals surface area contributed by atoms with Crippen LogP contribution in [0.15, 0.2) is 18.2 Å². The molecule has 4 heteroatoms. The maximum atomic E-state index is 10.6. The highest BCUT2D eigenvalue weighted by atomic mass is 127. The van der Waals surface area contributed by atoms with Gasteiger partial charge in [-0.1, -0.05) is 6.07 Å². The number of rotatable bonds is 6. The lowest BCUT2D eigenvalue weighted by atomic mass is 10.2.